The van der Waals surface area contributed by atoms with Gasteiger partial charge in [-0.2, -0.15) is 0 Å². The third-order valence-electron chi connectivity index (χ3n) is 3.79. The second-order valence-electron chi connectivity index (χ2n) is 5.83. The summed E-state index contributed by atoms with van der Waals surface area (Å²) in [6.07, 6.45) is -1.26. The SMILES string of the molecule is CCCC[C@]1(O)[C@@H]([C@H](O)CO)OC2OC(C)(C)O[C@@H]21. The van der Waals surface area contributed by atoms with Crippen molar-refractivity contribution >= 4 is 0 Å². The predicted molar refractivity (Wildman–Crippen MR) is 66.3 cm³/mol. The maximum absolute atomic E-state index is 10.9. The Bertz CT molecular complexity index is 320. The predicted octanol–water partition coefficient (Wildman–Crippen LogP) is 0.137. The Labute approximate surface area is 113 Å². The average molecular weight is 276 g/mol. The highest BCUT2D eigenvalue weighted by Gasteiger charge is 2.64. The minimum atomic E-state index is -1.34. The van der Waals surface area contributed by atoms with Crippen LogP contribution in [0.2, 0.25) is 0 Å². The van der Waals surface area contributed by atoms with Crippen molar-refractivity contribution in [2.45, 2.75) is 76.0 Å². The molecule has 0 aliphatic carbocycles. The van der Waals surface area contributed by atoms with E-state index in [2.05, 4.69) is 0 Å². The quantitative estimate of drug-likeness (QED) is 0.662. The lowest BCUT2D eigenvalue weighted by molar-refractivity contribution is -0.245. The van der Waals surface area contributed by atoms with Gasteiger partial charge in [-0.3, -0.25) is 0 Å². The van der Waals surface area contributed by atoms with Crippen molar-refractivity contribution in [3.63, 3.8) is 0 Å². The molecule has 0 spiro atoms. The molecule has 2 rings (SSSR count). The number of hydrogen-bond acceptors (Lipinski definition) is 6. The highest BCUT2D eigenvalue weighted by Crippen LogP contribution is 2.46. The number of fused-ring (bicyclic) bond motifs is 1. The van der Waals surface area contributed by atoms with Crippen LogP contribution in [0.5, 0.6) is 0 Å². The number of unbranched alkanes of at least 4 members (excludes halogenated alkanes) is 1. The summed E-state index contributed by atoms with van der Waals surface area (Å²) < 4.78 is 16.9. The molecule has 3 N–H and O–H groups in total. The van der Waals surface area contributed by atoms with Crippen molar-refractivity contribution < 1.29 is 29.5 Å². The monoisotopic (exact) mass is 276 g/mol. The summed E-state index contributed by atoms with van der Waals surface area (Å²) in [5.41, 5.74) is -1.34. The minimum absolute atomic E-state index is 0.436. The van der Waals surface area contributed by atoms with E-state index < -0.39 is 42.6 Å². The first kappa shape index (κ1) is 15.2. The first-order valence-corrected chi connectivity index (χ1v) is 6.86. The van der Waals surface area contributed by atoms with E-state index in [9.17, 15) is 10.2 Å². The fourth-order valence-corrected chi connectivity index (χ4v) is 2.86. The van der Waals surface area contributed by atoms with Crippen LogP contribution in [0, 0.1) is 0 Å². The fourth-order valence-electron chi connectivity index (χ4n) is 2.86. The number of rotatable bonds is 5. The van der Waals surface area contributed by atoms with Gasteiger partial charge < -0.3 is 29.5 Å². The van der Waals surface area contributed by atoms with E-state index >= 15 is 0 Å². The smallest absolute Gasteiger partial charge is 0.190 e. The Kier molecular flexibility index (Phi) is 4.21. The maximum atomic E-state index is 10.9. The lowest BCUT2D eigenvalue weighted by Gasteiger charge is -2.35. The molecule has 2 aliphatic rings. The molecule has 2 saturated heterocycles. The number of hydrogen-bond donors (Lipinski definition) is 3. The molecule has 0 aromatic rings. The molecule has 2 heterocycles. The van der Waals surface area contributed by atoms with Gasteiger partial charge in [0.2, 0.25) is 0 Å². The van der Waals surface area contributed by atoms with Gasteiger partial charge in [0.05, 0.1) is 6.61 Å². The van der Waals surface area contributed by atoms with E-state index in [0.717, 1.165) is 12.8 Å². The highest BCUT2D eigenvalue weighted by molar-refractivity contribution is 5.07. The Morgan fingerprint density at radius 2 is 1.95 bits per heavy atom. The van der Waals surface area contributed by atoms with Crippen molar-refractivity contribution in [1.82, 2.24) is 0 Å². The van der Waals surface area contributed by atoms with E-state index in [1.165, 1.54) is 0 Å². The summed E-state index contributed by atoms with van der Waals surface area (Å²) in [6.45, 7) is 5.06. The maximum Gasteiger partial charge on any atom is 0.190 e. The highest BCUT2D eigenvalue weighted by atomic mass is 16.8. The van der Waals surface area contributed by atoms with Gasteiger partial charge in [-0.25, -0.2) is 0 Å². The molecule has 0 bridgehead atoms. The molecule has 0 aromatic heterocycles. The van der Waals surface area contributed by atoms with Crippen LogP contribution in [0.1, 0.15) is 40.0 Å². The lowest BCUT2D eigenvalue weighted by atomic mass is 9.84. The van der Waals surface area contributed by atoms with Crippen LogP contribution in [0.4, 0.5) is 0 Å². The van der Waals surface area contributed by atoms with Crippen LogP contribution in [0.15, 0.2) is 0 Å². The zero-order valence-electron chi connectivity index (χ0n) is 11.7. The second-order valence-corrected chi connectivity index (χ2v) is 5.83. The van der Waals surface area contributed by atoms with E-state index in [1.807, 2.05) is 6.92 Å². The van der Waals surface area contributed by atoms with Crippen LogP contribution in [-0.2, 0) is 14.2 Å². The van der Waals surface area contributed by atoms with Crippen LogP contribution in [0.25, 0.3) is 0 Å². The summed E-state index contributed by atoms with van der Waals surface area (Å²) in [5, 5.41) is 29.8. The van der Waals surface area contributed by atoms with Crippen LogP contribution in [-0.4, -0.2) is 57.9 Å². The minimum Gasteiger partial charge on any atom is -0.394 e. The van der Waals surface area contributed by atoms with E-state index in [1.54, 1.807) is 13.8 Å². The summed E-state index contributed by atoms with van der Waals surface area (Å²) in [6, 6.07) is 0. The van der Waals surface area contributed by atoms with Crippen molar-refractivity contribution in [3.8, 4) is 0 Å². The molecule has 112 valence electrons. The lowest BCUT2D eigenvalue weighted by Crippen LogP contribution is -2.54. The van der Waals surface area contributed by atoms with Gasteiger partial charge in [-0.05, 0) is 20.3 Å². The molecular formula is C13H24O6. The first-order chi connectivity index (χ1) is 8.84. The largest absolute Gasteiger partial charge is 0.394 e. The molecule has 0 radical (unpaired) electrons. The normalized spacial score (nSPS) is 42.3. The van der Waals surface area contributed by atoms with Gasteiger partial charge in [-0.15, -0.1) is 0 Å². The fraction of sp³-hybridized carbons (Fsp3) is 1.00. The van der Waals surface area contributed by atoms with Crippen molar-refractivity contribution in [3.05, 3.63) is 0 Å². The Morgan fingerprint density at radius 3 is 2.53 bits per heavy atom. The zero-order chi connectivity index (χ0) is 14.3. The van der Waals surface area contributed by atoms with Crippen molar-refractivity contribution in [1.29, 1.82) is 0 Å². The second kappa shape index (κ2) is 5.27. The molecular weight excluding hydrogens is 252 g/mol. The van der Waals surface area contributed by atoms with Crippen LogP contribution in [0.3, 0.4) is 0 Å². The molecule has 6 nitrogen and oxygen atoms in total. The molecule has 5 atom stereocenters. The Hall–Kier alpha value is -0.240. The van der Waals surface area contributed by atoms with E-state index in [4.69, 9.17) is 19.3 Å². The number of ether oxygens (including phenoxy) is 3. The van der Waals surface area contributed by atoms with Gasteiger partial charge >= 0.3 is 0 Å². The zero-order valence-corrected chi connectivity index (χ0v) is 11.7. The summed E-state index contributed by atoms with van der Waals surface area (Å²) >= 11 is 0. The Morgan fingerprint density at radius 1 is 1.26 bits per heavy atom. The summed E-state index contributed by atoms with van der Waals surface area (Å²) in [4.78, 5) is 0. The summed E-state index contributed by atoms with van der Waals surface area (Å²) in [7, 11) is 0. The van der Waals surface area contributed by atoms with Crippen LogP contribution >= 0.6 is 0 Å². The number of aliphatic hydroxyl groups is 3. The van der Waals surface area contributed by atoms with Gasteiger partial charge in [0.15, 0.2) is 12.1 Å². The summed E-state index contributed by atoms with van der Waals surface area (Å²) in [5.74, 6) is -0.815. The van der Waals surface area contributed by atoms with Gasteiger partial charge in [0.1, 0.15) is 23.9 Å². The molecule has 0 amide bonds. The first-order valence-electron chi connectivity index (χ1n) is 6.86. The topological polar surface area (TPSA) is 88.4 Å². The standard InChI is InChI=1S/C13H24O6/c1-4-5-6-13(16)9(8(15)7-14)17-11-10(13)18-12(2,3)19-11/h8-11,14-16H,4-7H2,1-3H3/t8-,9-,10+,11?,13+/m1/s1. The average Bonchev–Trinajstić information content (AvgIpc) is 2.79. The third-order valence-corrected chi connectivity index (χ3v) is 3.79. The van der Waals surface area contributed by atoms with Gasteiger partial charge in [0.25, 0.3) is 0 Å². The molecule has 0 aromatic carbocycles. The molecule has 6 heteroatoms. The van der Waals surface area contributed by atoms with E-state index in [-0.39, 0.29) is 0 Å². The van der Waals surface area contributed by atoms with Crippen molar-refractivity contribution in [2.75, 3.05) is 6.61 Å². The van der Waals surface area contributed by atoms with Gasteiger partial charge in [-0.1, -0.05) is 19.8 Å². The third kappa shape index (κ3) is 2.66. The Balaban J connectivity index is 2.20. The molecule has 2 fully saturated rings. The van der Waals surface area contributed by atoms with Crippen LogP contribution < -0.4 is 0 Å². The molecule has 0 saturated carbocycles. The van der Waals surface area contributed by atoms with E-state index in [0.29, 0.717) is 6.42 Å². The number of aliphatic hydroxyl groups excluding tert-OH is 2. The van der Waals surface area contributed by atoms with Gasteiger partial charge in [0, 0.05) is 0 Å². The molecule has 2 aliphatic heterocycles. The van der Waals surface area contributed by atoms with Crippen molar-refractivity contribution in [2.24, 2.45) is 0 Å². The molecule has 19 heavy (non-hydrogen) atoms. The molecule has 1 unspecified atom stereocenters.